The maximum absolute atomic E-state index is 12.5. The van der Waals surface area contributed by atoms with Crippen LogP contribution < -0.4 is 5.43 Å². The second-order valence-electron chi connectivity index (χ2n) is 5.92. The standard InChI is InChI=1S/C20H16ClN3OS/c1-2-12-7-8-15-17(9-12)26-19(18(15)21)20(25)24-23-11-13-10-22-16-6-4-3-5-14(13)16/h3-11,22H,2H2,1H3,(H,24,25). The van der Waals surface area contributed by atoms with E-state index in [4.69, 9.17) is 11.6 Å². The first-order valence-electron chi connectivity index (χ1n) is 8.28. The zero-order valence-electron chi connectivity index (χ0n) is 14.0. The fourth-order valence-corrected chi connectivity index (χ4v) is 4.36. The van der Waals surface area contributed by atoms with E-state index in [2.05, 4.69) is 28.5 Å². The predicted octanol–water partition coefficient (Wildman–Crippen LogP) is 5.36. The average molecular weight is 382 g/mol. The summed E-state index contributed by atoms with van der Waals surface area (Å²) in [6.45, 7) is 2.10. The molecule has 0 saturated carbocycles. The Bertz CT molecular complexity index is 1140. The van der Waals surface area contributed by atoms with Crippen molar-refractivity contribution in [1.82, 2.24) is 10.4 Å². The predicted molar refractivity (Wildman–Crippen MR) is 110 cm³/mol. The summed E-state index contributed by atoms with van der Waals surface area (Å²) in [7, 11) is 0. The van der Waals surface area contributed by atoms with Crippen LogP contribution in [-0.4, -0.2) is 17.1 Å². The average Bonchev–Trinajstić information content (AvgIpc) is 3.23. The summed E-state index contributed by atoms with van der Waals surface area (Å²) < 4.78 is 1.01. The van der Waals surface area contributed by atoms with Crippen molar-refractivity contribution < 1.29 is 4.79 Å². The van der Waals surface area contributed by atoms with Crippen LogP contribution in [0.5, 0.6) is 0 Å². The van der Waals surface area contributed by atoms with Gasteiger partial charge in [0, 0.05) is 32.7 Å². The molecule has 0 bridgehead atoms. The van der Waals surface area contributed by atoms with Crippen LogP contribution in [0, 0.1) is 0 Å². The molecule has 0 saturated heterocycles. The highest BCUT2D eigenvalue weighted by atomic mass is 35.5. The van der Waals surface area contributed by atoms with Gasteiger partial charge in [-0.25, -0.2) is 5.43 Å². The number of amides is 1. The maximum Gasteiger partial charge on any atom is 0.283 e. The maximum atomic E-state index is 12.5. The molecule has 4 aromatic rings. The summed E-state index contributed by atoms with van der Waals surface area (Å²) in [4.78, 5) is 16.1. The molecule has 6 heteroatoms. The van der Waals surface area contributed by atoms with Gasteiger partial charge in [0.2, 0.25) is 0 Å². The summed E-state index contributed by atoms with van der Waals surface area (Å²) in [6, 6.07) is 14.0. The van der Waals surface area contributed by atoms with Crippen LogP contribution in [0.15, 0.2) is 53.8 Å². The topological polar surface area (TPSA) is 57.2 Å². The largest absolute Gasteiger partial charge is 0.361 e. The summed E-state index contributed by atoms with van der Waals surface area (Å²) in [6.07, 6.45) is 4.44. The molecule has 0 radical (unpaired) electrons. The Morgan fingerprint density at radius 3 is 2.96 bits per heavy atom. The molecule has 4 rings (SSSR count). The normalized spacial score (nSPS) is 11.6. The molecule has 0 spiro atoms. The Hall–Kier alpha value is -2.63. The molecule has 26 heavy (non-hydrogen) atoms. The number of H-pyrrole nitrogens is 1. The number of rotatable bonds is 4. The number of hydrogen-bond donors (Lipinski definition) is 2. The number of nitrogens with zero attached hydrogens (tertiary/aromatic N) is 1. The number of halogens is 1. The number of hydrazone groups is 1. The number of carbonyl (C=O) groups excluding carboxylic acids is 1. The van der Waals surface area contributed by atoms with Gasteiger partial charge in [-0.1, -0.05) is 48.9 Å². The minimum Gasteiger partial charge on any atom is -0.361 e. The number of thiophene rings is 1. The molecule has 2 N–H and O–H groups in total. The Morgan fingerprint density at radius 1 is 1.27 bits per heavy atom. The van der Waals surface area contributed by atoms with Gasteiger partial charge in [-0.3, -0.25) is 4.79 Å². The third-order valence-electron chi connectivity index (χ3n) is 4.30. The Morgan fingerprint density at radius 2 is 2.12 bits per heavy atom. The molecule has 2 aromatic carbocycles. The van der Waals surface area contributed by atoms with Gasteiger partial charge >= 0.3 is 0 Å². The summed E-state index contributed by atoms with van der Waals surface area (Å²) in [5.74, 6) is -0.301. The molecular weight excluding hydrogens is 366 g/mol. The van der Waals surface area contributed by atoms with E-state index < -0.39 is 0 Å². The molecule has 0 aliphatic carbocycles. The number of carbonyl (C=O) groups is 1. The molecular formula is C20H16ClN3OS. The lowest BCUT2D eigenvalue weighted by Gasteiger charge is -1.97. The Labute approximate surface area is 159 Å². The van der Waals surface area contributed by atoms with Crippen molar-refractivity contribution >= 4 is 56.0 Å². The number of fused-ring (bicyclic) bond motifs is 2. The van der Waals surface area contributed by atoms with Crippen LogP contribution in [-0.2, 0) is 6.42 Å². The highest BCUT2D eigenvalue weighted by molar-refractivity contribution is 7.21. The van der Waals surface area contributed by atoms with E-state index in [-0.39, 0.29) is 5.91 Å². The second-order valence-corrected chi connectivity index (χ2v) is 7.35. The number of aromatic amines is 1. The number of hydrogen-bond acceptors (Lipinski definition) is 3. The van der Waals surface area contributed by atoms with Crippen molar-refractivity contribution in [2.24, 2.45) is 5.10 Å². The molecule has 2 heterocycles. The molecule has 0 aliphatic heterocycles. The minimum absolute atomic E-state index is 0.301. The summed E-state index contributed by atoms with van der Waals surface area (Å²) in [5.41, 5.74) is 5.74. The first-order valence-corrected chi connectivity index (χ1v) is 9.47. The van der Waals surface area contributed by atoms with Crippen molar-refractivity contribution in [3.63, 3.8) is 0 Å². The zero-order valence-corrected chi connectivity index (χ0v) is 15.6. The Kier molecular flexibility index (Phi) is 4.49. The van der Waals surface area contributed by atoms with Crippen LogP contribution >= 0.6 is 22.9 Å². The smallest absolute Gasteiger partial charge is 0.283 e. The first-order chi connectivity index (χ1) is 12.7. The fraction of sp³-hybridized carbons (Fsp3) is 0.100. The van der Waals surface area contributed by atoms with E-state index in [1.165, 1.54) is 16.9 Å². The Balaban J connectivity index is 1.56. The van der Waals surface area contributed by atoms with Gasteiger partial charge in [0.25, 0.3) is 5.91 Å². The van der Waals surface area contributed by atoms with Gasteiger partial charge in [0.05, 0.1) is 11.2 Å². The molecule has 0 fully saturated rings. The number of aryl methyl sites for hydroxylation is 1. The molecule has 0 unspecified atom stereocenters. The van der Waals surface area contributed by atoms with Gasteiger partial charge in [-0.2, -0.15) is 5.10 Å². The first kappa shape index (κ1) is 16.8. The molecule has 4 nitrogen and oxygen atoms in total. The van der Waals surface area contributed by atoms with Gasteiger partial charge < -0.3 is 4.98 Å². The number of benzene rings is 2. The van der Waals surface area contributed by atoms with Crippen molar-refractivity contribution in [1.29, 1.82) is 0 Å². The minimum atomic E-state index is -0.301. The lowest BCUT2D eigenvalue weighted by Crippen LogP contribution is -2.16. The fourth-order valence-electron chi connectivity index (χ4n) is 2.89. The van der Waals surface area contributed by atoms with Crippen molar-refractivity contribution in [3.8, 4) is 0 Å². The van der Waals surface area contributed by atoms with Gasteiger partial charge in [-0.15, -0.1) is 11.3 Å². The van der Waals surface area contributed by atoms with E-state index in [1.807, 2.05) is 42.6 Å². The van der Waals surface area contributed by atoms with Crippen LogP contribution in [0.3, 0.4) is 0 Å². The van der Waals surface area contributed by atoms with E-state index in [9.17, 15) is 4.79 Å². The zero-order chi connectivity index (χ0) is 18.1. The van der Waals surface area contributed by atoms with Crippen LogP contribution in [0.1, 0.15) is 27.7 Å². The highest BCUT2D eigenvalue weighted by Crippen LogP contribution is 2.35. The monoisotopic (exact) mass is 381 g/mol. The van der Waals surface area contributed by atoms with Crippen LogP contribution in [0.4, 0.5) is 0 Å². The molecule has 0 atom stereocenters. The summed E-state index contributed by atoms with van der Waals surface area (Å²) >= 11 is 7.78. The van der Waals surface area contributed by atoms with Gasteiger partial charge in [-0.05, 0) is 24.1 Å². The third-order valence-corrected chi connectivity index (χ3v) is 5.96. The van der Waals surface area contributed by atoms with Gasteiger partial charge in [0.15, 0.2) is 0 Å². The third kappa shape index (κ3) is 3.00. The molecule has 130 valence electrons. The van der Waals surface area contributed by atoms with Crippen LogP contribution in [0.25, 0.3) is 21.0 Å². The number of nitrogens with one attached hydrogen (secondary N) is 2. The lowest BCUT2D eigenvalue weighted by molar-refractivity contribution is 0.0959. The SMILES string of the molecule is CCc1ccc2c(Cl)c(C(=O)NN=Cc3c[nH]c4ccccc34)sc2c1. The number of para-hydroxylation sites is 1. The summed E-state index contributed by atoms with van der Waals surface area (Å²) in [5, 5.41) is 6.52. The van der Waals surface area contributed by atoms with E-state index >= 15 is 0 Å². The van der Waals surface area contributed by atoms with Crippen molar-refractivity contribution in [2.75, 3.05) is 0 Å². The number of aromatic nitrogens is 1. The lowest BCUT2D eigenvalue weighted by atomic mass is 10.1. The van der Waals surface area contributed by atoms with Gasteiger partial charge in [0.1, 0.15) is 4.88 Å². The molecule has 0 aliphatic rings. The van der Waals surface area contributed by atoms with Crippen LogP contribution in [0.2, 0.25) is 5.02 Å². The second kappa shape index (κ2) is 6.94. The molecule has 1 amide bonds. The van der Waals surface area contributed by atoms with Crippen molar-refractivity contribution in [3.05, 3.63) is 69.7 Å². The van der Waals surface area contributed by atoms with E-state index in [0.717, 1.165) is 33.0 Å². The van der Waals surface area contributed by atoms with Crippen molar-refractivity contribution in [2.45, 2.75) is 13.3 Å². The quantitative estimate of drug-likeness (QED) is 0.362. The van der Waals surface area contributed by atoms with E-state index in [0.29, 0.717) is 9.90 Å². The van der Waals surface area contributed by atoms with E-state index in [1.54, 1.807) is 6.21 Å². The molecule has 2 aromatic heterocycles. The highest BCUT2D eigenvalue weighted by Gasteiger charge is 2.17.